The molecule has 1 amide bonds. The maximum Gasteiger partial charge on any atom is 0.247 e. The van der Waals surface area contributed by atoms with E-state index in [0.29, 0.717) is 0 Å². The third-order valence-electron chi connectivity index (χ3n) is 4.55. The van der Waals surface area contributed by atoms with Crippen molar-refractivity contribution in [1.82, 2.24) is 4.90 Å². The Morgan fingerprint density at radius 2 is 2.05 bits per heavy atom. The van der Waals surface area contributed by atoms with Gasteiger partial charge in [0.1, 0.15) is 0 Å². The molecule has 0 radical (unpaired) electrons. The zero-order valence-corrected chi connectivity index (χ0v) is 12.6. The van der Waals surface area contributed by atoms with Crippen molar-refractivity contribution in [3.8, 4) is 0 Å². The van der Waals surface area contributed by atoms with Gasteiger partial charge in [0.2, 0.25) is 5.91 Å². The number of allylic oxidation sites excluding steroid dienone is 1. The minimum Gasteiger partial charge on any atom is -0.376 e. The summed E-state index contributed by atoms with van der Waals surface area (Å²) in [6.45, 7) is 3.61. The Balaban J connectivity index is 1.77. The average Bonchev–Trinajstić information content (AvgIpc) is 2.87. The number of hydrogen-bond donors (Lipinski definition) is 0. The van der Waals surface area contributed by atoms with Gasteiger partial charge in [0.15, 0.2) is 0 Å². The summed E-state index contributed by atoms with van der Waals surface area (Å²) in [5.41, 5.74) is 2.14. The Kier molecular flexibility index (Phi) is 4.39. The summed E-state index contributed by atoms with van der Waals surface area (Å²) in [6.07, 6.45) is 6.32. The highest BCUT2D eigenvalue weighted by atomic mass is 16.5. The summed E-state index contributed by atoms with van der Waals surface area (Å²) in [5.74, 6) is 0.138. The number of hydrogen-bond acceptors (Lipinski definition) is 2. The van der Waals surface area contributed by atoms with E-state index in [-0.39, 0.29) is 18.1 Å². The molecule has 1 aliphatic heterocycles. The third kappa shape index (κ3) is 3.18. The molecule has 2 aliphatic rings. The fourth-order valence-corrected chi connectivity index (χ4v) is 3.42. The van der Waals surface area contributed by atoms with Gasteiger partial charge in [-0.25, -0.2) is 0 Å². The SMILES string of the molecule is CC(=CC(=O)N1CCCOC2CCCC21)c1ccccc1. The summed E-state index contributed by atoms with van der Waals surface area (Å²) >= 11 is 0. The molecular weight excluding hydrogens is 262 g/mol. The molecule has 1 aromatic rings. The van der Waals surface area contributed by atoms with Crippen LogP contribution in [0.2, 0.25) is 0 Å². The van der Waals surface area contributed by atoms with Crippen molar-refractivity contribution in [2.24, 2.45) is 0 Å². The van der Waals surface area contributed by atoms with Gasteiger partial charge < -0.3 is 9.64 Å². The lowest BCUT2D eigenvalue weighted by Crippen LogP contribution is -2.43. The van der Waals surface area contributed by atoms with E-state index in [1.54, 1.807) is 6.08 Å². The molecule has 3 rings (SSSR count). The second kappa shape index (κ2) is 6.44. The Morgan fingerprint density at radius 3 is 2.86 bits per heavy atom. The molecule has 1 heterocycles. The van der Waals surface area contributed by atoms with Crippen LogP contribution in [0.25, 0.3) is 5.57 Å². The van der Waals surface area contributed by atoms with E-state index < -0.39 is 0 Å². The molecule has 2 fully saturated rings. The highest BCUT2D eigenvalue weighted by Gasteiger charge is 2.36. The number of amides is 1. The molecule has 1 saturated carbocycles. The van der Waals surface area contributed by atoms with Crippen LogP contribution in [-0.4, -0.2) is 36.1 Å². The normalized spacial score (nSPS) is 26.3. The Hall–Kier alpha value is -1.61. The monoisotopic (exact) mass is 285 g/mol. The number of rotatable bonds is 2. The van der Waals surface area contributed by atoms with Crippen LogP contribution < -0.4 is 0 Å². The maximum absolute atomic E-state index is 12.7. The van der Waals surface area contributed by atoms with Crippen LogP contribution >= 0.6 is 0 Å². The molecule has 1 saturated heterocycles. The first-order chi connectivity index (χ1) is 10.3. The predicted molar refractivity (Wildman–Crippen MR) is 83.8 cm³/mol. The Bertz CT molecular complexity index is 523. The van der Waals surface area contributed by atoms with E-state index in [2.05, 4.69) is 0 Å². The summed E-state index contributed by atoms with van der Waals surface area (Å²) in [6, 6.07) is 10.4. The average molecular weight is 285 g/mol. The molecular formula is C18H23NO2. The van der Waals surface area contributed by atoms with Crippen molar-refractivity contribution in [3.63, 3.8) is 0 Å². The summed E-state index contributed by atoms with van der Waals surface area (Å²) in [7, 11) is 0. The lowest BCUT2D eigenvalue weighted by Gasteiger charge is -2.29. The van der Waals surface area contributed by atoms with Crippen molar-refractivity contribution in [2.45, 2.75) is 44.8 Å². The Labute approximate surface area is 126 Å². The number of carbonyl (C=O) groups is 1. The van der Waals surface area contributed by atoms with Gasteiger partial charge >= 0.3 is 0 Å². The van der Waals surface area contributed by atoms with Gasteiger partial charge in [-0.15, -0.1) is 0 Å². The number of ether oxygens (including phenoxy) is 1. The number of carbonyl (C=O) groups excluding carboxylic acids is 1. The molecule has 21 heavy (non-hydrogen) atoms. The van der Waals surface area contributed by atoms with Crippen LogP contribution in [-0.2, 0) is 9.53 Å². The second-order valence-electron chi connectivity index (χ2n) is 5.99. The zero-order valence-electron chi connectivity index (χ0n) is 12.6. The van der Waals surface area contributed by atoms with Crippen molar-refractivity contribution >= 4 is 11.5 Å². The smallest absolute Gasteiger partial charge is 0.247 e. The van der Waals surface area contributed by atoms with E-state index in [0.717, 1.165) is 43.6 Å². The lowest BCUT2D eigenvalue weighted by atomic mass is 10.1. The summed E-state index contributed by atoms with van der Waals surface area (Å²) in [5, 5.41) is 0. The molecule has 0 aromatic heterocycles. The van der Waals surface area contributed by atoms with Crippen LogP contribution in [0.5, 0.6) is 0 Å². The molecule has 0 N–H and O–H groups in total. The van der Waals surface area contributed by atoms with E-state index in [1.165, 1.54) is 6.42 Å². The molecule has 1 aliphatic carbocycles. The zero-order chi connectivity index (χ0) is 14.7. The Morgan fingerprint density at radius 1 is 1.24 bits per heavy atom. The predicted octanol–water partition coefficient (Wildman–Crippen LogP) is 3.26. The van der Waals surface area contributed by atoms with Gasteiger partial charge in [-0.1, -0.05) is 30.3 Å². The number of nitrogens with zero attached hydrogens (tertiary/aromatic N) is 1. The maximum atomic E-state index is 12.7. The van der Waals surface area contributed by atoms with Gasteiger partial charge in [-0.3, -0.25) is 4.79 Å². The molecule has 2 unspecified atom stereocenters. The quantitative estimate of drug-likeness (QED) is 0.781. The first-order valence-corrected chi connectivity index (χ1v) is 7.91. The number of fused-ring (bicyclic) bond motifs is 1. The topological polar surface area (TPSA) is 29.5 Å². The first kappa shape index (κ1) is 14.3. The van der Waals surface area contributed by atoms with Gasteiger partial charge in [0, 0.05) is 19.2 Å². The van der Waals surface area contributed by atoms with Crippen molar-refractivity contribution in [3.05, 3.63) is 42.0 Å². The van der Waals surface area contributed by atoms with E-state index in [1.807, 2.05) is 42.2 Å². The minimum absolute atomic E-state index is 0.138. The highest BCUT2D eigenvalue weighted by Crippen LogP contribution is 2.29. The molecule has 0 spiro atoms. The minimum atomic E-state index is 0.138. The van der Waals surface area contributed by atoms with Crippen molar-refractivity contribution < 1.29 is 9.53 Å². The summed E-state index contributed by atoms with van der Waals surface area (Å²) in [4.78, 5) is 14.7. The molecule has 1 aromatic carbocycles. The van der Waals surface area contributed by atoms with Crippen LogP contribution in [0.4, 0.5) is 0 Å². The summed E-state index contributed by atoms with van der Waals surface area (Å²) < 4.78 is 5.88. The van der Waals surface area contributed by atoms with Crippen LogP contribution in [0.3, 0.4) is 0 Å². The first-order valence-electron chi connectivity index (χ1n) is 7.91. The molecule has 3 nitrogen and oxygen atoms in total. The third-order valence-corrected chi connectivity index (χ3v) is 4.55. The molecule has 0 bridgehead atoms. The fourth-order valence-electron chi connectivity index (χ4n) is 3.42. The van der Waals surface area contributed by atoms with Gasteiger partial charge in [-0.05, 0) is 43.7 Å². The number of benzene rings is 1. The van der Waals surface area contributed by atoms with Gasteiger partial charge in [0.25, 0.3) is 0 Å². The lowest BCUT2D eigenvalue weighted by molar-refractivity contribution is -0.129. The largest absolute Gasteiger partial charge is 0.376 e. The van der Waals surface area contributed by atoms with Gasteiger partial charge in [-0.2, -0.15) is 0 Å². The van der Waals surface area contributed by atoms with Crippen molar-refractivity contribution in [2.75, 3.05) is 13.2 Å². The fraction of sp³-hybridized carbons (Fsp3) is 0.500. The van der Waals surface area contributed by atoms with Crippen molar-refractivity contribution in [1.29, 1.82) is 0 Å². The van der Waals surface area contributed by atoms with E-state index in [4.69, 9.17) is 4.74 Å². The molecule has 112 valence electrons. The van der Waals surface area contributed by atoms with E-state index >= 15 is 0 Å². The highest BCUT2D eigenvalue weighted by molar-refractivity contribution is 5.95. The van der Waals surface area contributed by atoms with Crippen LogP contribution in [0.15, 0.2) is 36.4 Å². The van der Waals surface area contributed by atoms with E-state index in [9.17, 15) is 4.79 Å². The van der Waals surface area contributed by atoms with Crippen LogP contribution in [0, 0.1) is 0 Å². The second-order valence-corrected chi connectivity index (χ2v) is 5.99. The molecule has 2 atom stereocenters. The van der Waals surface area contributed by atoms with Crippen LogP contribution in [0.1, 0.15) is 38.2 Å². The molecule has 3 heteroatoms. The van der Waals surface area contributed by atoms with Gasteiger partial charge in [0.05, 0.1) is 12.1 Å². The standard InChI is InChI=1S/C18H23NO2/c1-14(15-7-3-2-4-8-15)13-18(20)19-11-6-12-21-17-10-5-9-16(17)19/h2-4,7-8,13,16-17H,5-6,9-12H2,1H3.